The van der Waals surface area contributed by atoms with Gasteiger partial charge in [0, 0.05) is 12.6 Å². The Morgan fingerprint density at radius 1 is 1.33 bits per heavy atom. The molecule has 1 aromatic carbocycles. The normalized spacial score (nSPS) is 21.0. The van der Waals surface area contributed by atoms with E-state index in [0.717, 1.165) is 32.1 Å². The number of benzene rings is 1. The van der Waals surface area contributed by atoms with E-state index in [4.69, 9.17) is 10.5 Å². The highest BCUT2D eigenvalue weighted by Crippen LogP contribution is 2.30. The average Bonchev–Trinajstić information content (AvgIpc) is 2.72. The zero-order valence-electron chi connectivity index (χ0n) is 12.7. The zero-order chi connectivity index (χ0) is 15.5. The highest BCUT2D eigenvalue weighted by Gasteiger charge is 2.31. The van der Waals surface area contributed by atoms with Crippen molar-refractivity contribution in [1.82, 2.24) is 4.31 Å². The van der Waals surface area contributed by atoms with Gasteiger partial charge in [0.25, 0.3) is 0 Å². The minimum atomic E-state index is -3.50. The fraction of sp³-hybridized carbons (Fsp3) is 0.600. The molecule has 1 heterocycles. The van der Waals surface area contributed by atoms with Gasteiger partial charge in [-0.1, -0.05) is 19.8 Å². The van der Waals surface area contributed by atoms with E-state index < -0.39 is 10.0 Å². The third-order valence-electron chi connectivity index (χ3n) is 4.10. The quantitative estimate of drug-likeness (QED) is 0.867. The van der Waals surface area contributed by atoms with E-state index in [9.17, 15) is 8.42 Å². The number of ether oxygens (including phenoxy) is 1. The lowest BCUT2D eigenvalue weighted by Gasteiger charge is -2.28. The van der Waals surface area contributed by atoms with Gasteiger partial charge in [0.1, 0.15) is 5.75 Å². The molecule has 0 amide bonds. The molecule has 2 rings (SSSR count). The van der Waals surface area contributed by atoms with Crippen LogP contribution in [-0.2, 0) is 10.0 Å². The summed E-state index contributed by atoms with van der Waals surface area (Å²) in [4.78, 5) is 0.251. The van der Waals surface area contributed by atoms with Crippen LogP contribution < -0.4 is 10.5 Å². The zero-order valence-corrected chi connectivity index (χ0v) is 13.5. The molecule has 2 N–H and O–H groups in total. The van der Waals surface area contributed by atoms with Gasteiger partial charge in [0.05, 0.1) is 17.7 Å². The molecule has 1 unspecified atom stereocenters. The first kappa shape index (κ1) is 16.1. The second-order valence-electron chi connectivity index (χ2n) is 5.43. The molecular weight excluding hydrogens is 288 g/mol. The Labute approximate surface area is 127 Å². The Morgan fingerprint density at radius 3 is 2.71 bits per heavy atom. The summed E-state index contributed by atoms with van der Waals surface area (Å²) < 4.78 is 32.5. The van der Waals surface area contributed by atoms with Gasteiger partial charge in [-0.3, -0.25) is 0 Å². The molecule has 1 fully saturated rings. The van der Waals surface area contributed by atoms with Gasteiger partial charge < -0.3 is 10.5 Å². The third kappa shape index (κ3) is 3.32. The average molecular weight is 312 g/mol. The van der Waals surface area contributed by atoms with E-state index in [1.165, 1.54) is 13.2 Å². The maximum Gasteiger partial charge on any atom is 0.243 e. The fourth-order valence-corrected chi connectivity index (χ4v) is 4.69. The third-order valence-corrected chi connectivity index (χ3v) is 6.05. The maximum atomic E-state index is 12.9. The summed E-state index contributed by atoms with van der Waals surface area (Å²) in [6, 6.07) is 4.76. The Morgan fingerprint density at radius 2 is 2.10 bits per heavy atom. The van der Waals surface area contributed by atoms with E-state index in [1.54, 1.807) is 16.4 Å². The fourth-order valence-electron chi connectivity index (χ4n) is 2.88. The number of nitrogens with zero attached hydrogens (tertiary/aromatic N) is 1. The predicted molar refractivity (Wildman–Crippen MR) is 83.8 cm³/mol. The van der Waals surface area contributed by atoms with Crippen LogP contribution in [0.15, 0.2) is 23.1 Å². The highest BCUT2D eigenvalue weighted by molar-refractivity contribution is 7.89. The summed E-state index contributed by atoms with van der Waals surface area (Å²) in [5.74, 6) is 0.497. The topological polar surface area (TPSA) is 72.6 Å². The van der Waals surface area contributed by atoms with Crippen LogP contribution in [0.1, 0.15) is 39.0 Å². The largest absolute Gasteiger partial charge is 0.495 e. The SMILES string of the molecule is CCC1CCCCCN1S(=O)(=O)c1ccc(OC)c(N)c1. The Balaban J connectivity index is 2.37. The molecule has 1 aromatic rings. The molecule has 1 saturated heterocycles. The first-order chi connectivity index (χ1) is 10.0. The second kappa shape index (κ2) is 6.66. The predicted octanol–water partition coefficient (Wildman–Crippen LogP) is 2.62. The van der Waals surface area contributed by atoms with Gasteiger partial charge in [-0.05, 0) is 37.5 Å². The number of hydrogen-bond acceptors (Lipinski definition) is 4. The number of anilines is 1. The van der Waals surface area contributed by atoms with Crippen LogP contribution in [0.3, 0.4) is 0 Å². The molecule has 1 atom stereocenters. The van der Waals surface area contributed by atoms with Crippen LogP contribution in [0, 0.1) is 0 Å². The van der Waals surface area contributed by atoms with Crippen LogP contribution in [0.25, 0.3) is 0 Å². The van der Waals surface area contributed by atoms with Crippen LogP contribution in [0.5, 0.6) is 5.75 Å². The minimum absolute atomic E-state index is 0.0841. The van der Waals surface area contributed by atoms with E-state index in [2.05, 4.69) is 0 Å². The second-order valence-corrected chi connectivity index (χ2v) is 7.32. The van der Waals surface area contributed by atoms with Crippen molar-refractivity contribution in [2.24, 2.45) is 0 Å². The van der Waals surface area contributed by atoms with Crippen molar-refractivity contribution >= 4 is 15.7 Å². The number of hydrogen-bond donors (Lipinski definition) is 1. The molecule has 0 bridgehead atoms. The molecule has 1 aliphatic heterocycles. The monoisotopic (exact) mass is 312 g/mol. The lowest BCUT2D eigenvalue weighted by molar-refractivity contribution is 0.315. The highest BCUT2D eigenvalue weighted by atomic mass is 32.2. The van der Waals surface area contributed by atoms with Gasteiger partial charge >= 0.3 is 0 Å². The van der Waals surface area contributed by atoms with Gasteiger partial charge in [0.2, 0.25) is 10.0 Å². The molecular formula is C15H24N2O3S. The first-order valence-corrected chi connectivity index (χ1v) is 8.90. The number of sulfonamides is 1. The smallest absolute Gasteiger partial charge is 0.243 e. The van der Waals surface area contributed by atoms with Crippen LogP contribution in [0.2, 0.25) is 0 Å². The number of nitrogen functional groups attached to an aromatic ring is 1. The van der Waals surface area contributed by atoms with Crippen molar-refractivity contribution < 1.29 is 13.2 Å². The molecule has 1 aliphatic rings. The Bertz CT molecular complexity index is 587. The first-order valence-electron chi connectivity index (χ1n) is 7.46. The summed E-state index contributed by atoms with van der Waals surface area (Å²) in [6.07, 6.45) is 4.87. The van der Waals surface area contributed by atoms with E-state index in [-0.39, 0.29) is 10.9 Å². The van der Waals surface area contributed by atoms with Gasteiger partial charge in [-0.15, -0.1) is 0 Å². The van der Waals surface area contributed by atoms with Crippen LogP contribution >= 0.6 is 0 Å². The number of methoxy groups -OCH3 is 1. The summed E-state index contributed by atoms with van der Waals surface area (Å²) in [5, 5.41) is 0. The van der Waals surface area contributed by atoms with Gasteiger partial charge in [0.15, 0.2) is 0 Å². The van der Waals surface area contributed by atoms with Crippen molar-refractivity contribution in [2.45, 2.75) is 50.0 Å². The molecule has 0 radical (unpaired) electrons. The molecule has 6 heteroatoms. The molecule has 118 valence electrons. The Kier molecular flexibility index (Phi) is 5.11. The van der Waals surface area contributed by atoms with Crippen molar-refractivity contribution in [1.29, 1.82) is 0 Å². The van der Waals surface area contributed by atoms with E-state index in [1.807, 2.05) is 6.92 Å². The van der Waals surface area contributed by atoms with Crippen LogP contribution in [0.4, 0.5) is 5.69 Å². The van der Waals surface area contributed by atoms with Crippen molar-refractivity contribution in [3.63, 3.8) is 0 Å². The van der Waals surface area contributed by atoms with Crippen LogP contribution in [-0.4, -0.2) is 32.4 Å². The maximum absolute atomic E-state index is 12.9. The molecule has 0 aliphatic carbocycles. The van der Waals surface area contributed by atoms with Crippen molar-refractivity contribution in [2.75, 3.05) is 19.4 Å². The Hall–Kier alpha value is -1.27. The van der Waals surface area contributed by atoms with Gasteiger partial charge in [-0.25, -0.2) is 8.42 Å². The molecule has 0 spiro atoms. The summed E-state index contributed by atoms with van der Waals surface area (Å²) in [5.41, 5.74) is 6.20. The number of rotatable bonds is 4. The van der Waals surface area contributed by atoms with Crippen molar-refractivity contribution in [3.05, 3.63) is 18.2 Å². The summed E-state index contributed by atoms with van der Waals surface area (Å²) in [7, 11) is -1.98. The van der Waals surface area contributed by atoms with E-state index >= 15 is 0 Å². The van der Waals surface area contributed by atoms with E-state index in [0.29, 0.717) is 18.0 Å². The van der Waals surface area contributed by atoms with Crippen molar-refractivity contribution in [3.8, 4) is 5.75 Å². The molecule has 0 aromatic heterocycles. The lowest BCUT2D eigenvalue weighted by atomic mass is 10.1. The lowest BCUT2D eigenvalue weighted by Crippen LogP contribution is -2.39. The standard InChI is InChI=1S/C15H24N2O3S/c1-3-12-7-5-4-6-10-17(12)21(18,19)13-8-9-15(20-2)14(16)11-13/h8-9,11-12H,3-7,10,16H2,1-2H3. The summed E-state index contributed by atoms with van der Waals surface area (Å²) >= 11 is 0. The molecule has 21 heavy (non-hydrogen) atoms. The minimum Gasteiger partial charge on any atom is -0.495 e. The number of nitrogens with two attached hydrogens (primary N) is 1. The molecule has 5 nitrogen and oxygen atoms in total. The van der Waals surface area contributed by atoms with Gasteiger partial charge in [-0.2, -0.15) is 4.31 Å². The molecule has 0 saturated carbocycles. The summed E-state index contributed by atoms with van der Waals surface area (Å²) in [6.45, 7) is 2.63.